The number of hydrogen-bond donors (Lipinski definition) is 2. The van der Waals surface area contributed by atoms with Gasteiger partial charge >= 0.3 is 0 Å². The number of hydrogen-bond acceptors (Lipinski definition) is 4. The van der Waals surface area contributed by atoms with E-state index in [1.54, 1.807) is 0 Å². The summed E-state index contributed by atoms with van der Waals surface area (Å²) < 4.78 is 40.2. The number of halogens is 2. The van der Waals surface area contributed by atoms with Gasteiger partial charge in [-0.1, -0.05) is 15.9 Å². The van der Waals surface area contributed by atoms with Gasteiger partial charge < -0.3 is 11.1 Å². The third-order valence-electron chi connectivity index (χ3n) is 3.00. The second-order valence-corrected chi connectivity index (χ2v) is 7.09. The molecule has 0 aromatic heterocycles. The third-order valence-corrected chi connectivity index (χ3v) is 5.44. The summed E-state index contributed by atoms with van der Waals surface area (Å²) in [6.45, 7) is 0.555. The number of amides is 1. The number of nitrogens with one attached hydrogen (secondary N) is 1. The van der Waals surface area contributed by atoms with Crippen LogP contribution in [0.2, 0.25) is 0 Å². The van der Waals surface area contributed by atoms with Crippen LogP contribution in [0.1, 0.15) is 0 Å². The molecule has 2 rings (SSSR count). The smallest absolute Gasteiger partial charge is 0.246 e. The zero-order chi connectivity index (χ0) is 14.9. The summed E-state index contributed by atoms with van der Waals surface area (Å²) in [7, 11) is -4.11. The lowest BCUT2D eigenvalue weighted by atomic mass is 10.2. The van der Waals surface area contributed by atoms with E-state index in [0.29, 0.717) is 11.0 Å². The van der Waals surface area contributed by atoms with Crippen LogP contribution in [0.4, 0.5) is 4.39 Å². The fraction of sp³-hybridized carbons (Fsp3) is 0.364. The molecule has 1 aliphatic heterocycles. The van der Waals surface area contributed by atoms with Gasteiger partial charge in [0.25, 0.3) is 0 Å². The van der Waals surface area contributed by atoms with E-state index in [0.717, 1.165) is 16.4 Å². The average Bonchev–Trinajstić information content (AvgIpc) is 2.38. The molecular formula is C11H13BrFN3O3S. The van der Waals surface area contributed by atoms with E-state index in [9.17, 15) is 17.6 Å². The number of rotatable bonds is 3. The first-order valence-electron chi connectivity index (χ1n) is 5.81. The molecule has 0 spiro atoms. The van der Waals surface area contributed by atoms with Crippen molar-refractivity contribution in [3.05, 3.63) is 28.5 Å². The molecule has 0 radical (unpaired) electrons. The minimum atomic E-state index is -4.11. The normalized spacial score (nSPS) is 20.8. The molecule has 1 aliphatic rings. The molecular weight excluding hydrogens is 353 g/mol. The Kier molecular flexibility index (Phi) is 4.43. The monoisotopic (exact) mass is 365 g/mol. The lowest BCUT2D eigenvalue weighted by Crippen LogP contribution is -2.58. The van der Waals surface area contributed by atoms with Gasteiger partial charge in [0.15, 0.2) is 0 Å². The Morgan fingerprint density at radius 1 is 1.50 bits per heavy atom. The van der Waals surface area contributed by atoms with Gasteiger partial charge in [-0.25, -0.2) is 12.8 Å². The van der Waals surface area contributed by atoms with Gasteiger partial charge in [0.2, 0.25) is 15.9 Å². The maximum Gasteiger partial charge on any atom is 0.246 e. The number of benzene rings is 1. The fourth-order valence-corrected chi connectivity index (χ4v) is 4.00. The van der Waals surface area contributed by atoms with Crippen LogP contribution in [0.25, 0.3) is 0 Å². The number of carbonyl (C=O) groups is 1. The predicted octanol–water partition coefficient (Wildman–Crippen LogP) is 0.0360. The number of piperazine rings is 1. The topological polar surface area (TPSA) is 92.5 Å². The van der Waals surface area contributed by atoms with Gasteiger partial charge in [-0.05, 0) is 18.2 Å². The van der Waals surface area contributed by atoms with Crippen molar-refractivity contribution in [1.82, 2.24) is 9.62 Å². The molecule has 0 aliphatic carbocycles. The molecule has 1 amide bonds. The Bertz CT molecular complexity index is 638. The number of nitrogens with two attached hydrogens (primary N) is 1. The Balaban J connectivity index is 2.45. The third kappa shape index (κ3) is 2.85. The Hall–Kier alpha value is -1.03. The molecule has 1 aromatic carbocycles. The highest BCUT2D eigenvalue weighted by Crippen LogP contribution is 2.24. The van der Waals surface area contributed by atoms with Crippen LogP contribution in [-0.2, 0) is 14.8 Å². The van der Waals surface area contributed by atoms with E-state index in [1.807, 2.05) is 0 Å². The molecule has 1 unspecified atom stereocenters. The van der Waals surface area contributed by atoms with Crippen molar-refractivity contribution in [1.29, 1.82) is 0 Å². The number of nitrogens with zero attached hydrogens (tertiary/aromatic N) is 1. The van der Waals surface area contributed by atoms with Crippen molar-refractivity contribution < 1.29 is 17.6 Å². The van der Waals surface area contributed by atoms with Crippen molar-refractivity contribution in [2.75, 3.05) is 19.6 Å². The lowest BCUT2D eigenvalue weighted by molar-refractivity contribution is -0.122. The number of primary amides is 1. The van der Waals surface area contributed by atoms with Crippen LogP contribution < -0.4 is 11.1 Å². The second kappa shape index (κ2) is 5.76. The van der Waals surface area contributed by atoms with E-state index >= 15 is 0 Å². The van der Waals surface area contributed by atoms with Gasteiger partial charge in [-0.3, -0.25) is 4.79 Å². The SMILES string of the molecule is NC(=O)C1CNCCN1S(=O)(=O)c1ccc(Br)cc1F. The maximum atomic E-state index is 13.9. The van der Waals surface area contributed by atoms with E-state index in [4.69, 9.17) is 5.73 Å². The van der Waals surface area contributed by atoms with E-state index in [-0.39, 0.29) is 13.1 Å². The molecule has 1 fully saturated rings. The van der Waals surface area contributed by atoms with Crippen LogP contribution in [0.5, 0.6) is 0 Å². The van der Waals surface area contributed by atoms with Gasteiger partial charge in [-0.2, -0.15) is 4.31 Å². The van der Waals surface area contributed by atoms with Crippen LogP contribution in [-0.4, -0.2) is 44.3 Å². The fourth-order valence-electron chi connectivity index (χ4n) is 2.03. The Morgan fingerprint density at radius 2 is 2.20 bits per heavy atom. The minimum Gasteiger partial charge on any atom is -0.368 e. The van der Waals surface area contributed by atoms with E-state index < -0.39 is 32.7 Å². The highest BCUT2D eigenvalue weighted by Gasteiger charge is 2.37. The van der Waals surface area contributed by atoms with Gasteiger partial charge in [0.05, 0.1) is 0 Å². The zero-order valence-electron chi connectivity index (χ0n) is 10.3. The average molecular weight is 366 g/mol. The van der Waals surface area contributed by atoms with Crippen LogP contribution in [0.15, 0.2) is 27.6 Å². The molecule has 6 nitrogen and oxygen atoms in total. The van der Waals surface area contributed by atoms with Gasteiger partial charge in [-0.15, -0.1) is 0 Å². The molecule has 20 heavy (non-hydrogen) atoms. The largest absolute Gasteiger partial charge is 0.368 e. The Labute approximate surface area is 124 Å². The van der Waals surface area contributed by atoms with Gasteiger partial charge in [0, 0.05) is 24.1 Å². The van der Waals surface area contributed by atoms with Crippen molar-refractivity contribution >= 4 is 31.9 Å². The summed E-state index contributed by atoms with van der Waals surface area (Å²) in [4.78, 5) is 10.9. The van der Waals surface area contributed by atoms with Crippen molar-refractivity contribution in [3.8, 4) is 0 Å². The van der Waals surface area contributed by atoms with E-state index in [1.165, 1.54) is 6.07 Å². The molecule has 1 heterocycles. The summed E-state index contributed by atoms with van der Waals surface area (Å²) in [5.74, 6) is -1.64. The summed E-state index contributed by atoms with van der Waals surface area (Å²) >= 11 is 3.06. The van der Waals surface area contributed by atoms with Gasteiger partial charge in [0.1, 0.15) is 16.8 Å². The molecule has 1 saturated heterocycles. The van der Waals surface area contributed by atoms with Crippen LogP contribution in [0.3, 0.4) is 0 Å². The Morgan fingerprint density at radius 3 is 2.80 bits per heavy atom. The van der Waals surface area contributed by atoms with Crippen LogP contribution >= 0.6 is 15.9 Å². The highest BCUT2D eigenvalue weighted by molar-refractivity contribution is 9.10. The van der Waals surface area contributed by atoms with Crippen molar-refractivity contribution in [2.45, 2.75) is 10.9 Å². The lowest BCUT2D eigenvalue weighted by Gasteiger charge is -2.33. The van der Waals surface area contributed by atoms with Crippen molar-refractivity contribution in [3.63, 3.8) is 0 Å². The van der Waals surface area contributed by atoms with Crippen molar-refractivity contribution in [2.24, 2.45) is 5.73 Å². The summed E-state index contributed by atoms with van der Waals surface area (Å²) in [6.07, 6.45) is 0. The minimum absolute atomic E-state index is 0.0610. The number of carbonyl (C=O) groups excluding carboxylic acids is 1. The number of sulfonamides is 1. The molecule has 1 atom stereocenters. The molecule has 110 valence electrons. The summed E-state index contributed by atoms with van der Waals surface area (Å²) in [5.41, 5.74) is 5.21. The summed E-state index contributed by atoms with van der Waals surface area (Å²) in [5, 5.41) is 2.89. The maximum absolute atomic E-state index is 13.9. The molecule has 1 aromatic rings. The van der Waals surface area contributed by atoms with Crippen LogP contribution in [0, 0.1) is 5.82 Å². The standard InChI is InChI=1S/C11H13BrFN3O3S/c12-7-1-2-10(8(13)5-7)20(18,19)16-4-3-15-6-9(16)11(14)17/h1-2,5,9,15H,3-4,6H2,(H2,14,17). The second-order valence-electron chi connectivity index (χ2n) is 4.31. The molecule has 0 saturated carbocycles. The highest BCUT2D eigenvalue weighted by atomic mass is 79.9. The molecule has 0 bridgehead atoms. The molecule has 3 N–H and O–H groups in total. The quantitative estimate of drug-likeness (QED) is 0.790. The predicted molar refractivity (Wildman–Crippen MR) is 73.8 cm³/mol. The molecule has 9 heteroatoms. The van der Waals surface area contributed by atoms with E-state index in [2.05, 4.69) is 21.2 Å². The first-order valence-corrected chi connectivity index (χ1v) is 8.04. The zero-order valence-corrected chi connectivity index (χ0v) is 12.7. The summed E-state index contributed by atoms with van der Waals surface area (Å²) in [6, 6.07) is 2.64. The first-order chi connectivity index (χ1) is 9.34. The first kappa shape index (κ1) is 15.4.